The molecule has 1 aromatic carbocycles. The van der Waals surface area contributed by atoms with E-state index in [1.54, 1.807) is 17.4 Å². The molecule has 124 valence electrons. The monoisotopic (exact) mass is 370 g/mol. The Hall–Kier alpha value is -1.23. The van der Waals surface area contributed by atoms with Gasteiger partial charge in [-0.2, -0.15) is 0 Å². The lowest BCUT2D eigenvalue weighted by Gasteiger charge is -2.25. The molecule has 0 radical (unpaired) electrons. The lowest BCUT2D eigenvalue weighted by Crippen LogP contribution is -2.23. The van der Waals surface area contributed by atoms with E-state index in [1.165, 1.54) is 17.7 Å². The van der Waals surface area contributed by atoms with E-state index in [1.807, 2.05) is 24.3 Å². The molecule has 2 aromatic rings. The molecule has 0 atom stereocenters. The molecule has 1 aromatic heterocycles. The Morgan fingerprint density at radius 2 is 2.00 bits per heavy atom. The molecule has 2 N–H and O–H groups in total. The number of benzene rings is 1. The zero-order valence-electron chi connectivity index (χ0n) is 13.0. The van der Waals surface area contributed by atoms with Gasteiger partial charge in [0.1, 0.15) is 0 Å². The number of hydrogen-bond donors (Lipinski definition) is 1. The van der Waals surface area contributed by atoms with Crippen LogP contribution in [0.3, 0.4) is 0 Å². The minimum absolute atomic E-state index is 0.350. The second kappa shape index (κ2) is 8.57. The maximum absolute atomic E-state index is 11.3. The Morgan fingerprint density at radius 1 is 1.22 bits per heavy atom. The standard InChI is InChI=1S/C17H20Cl2N2OS/c1-2-3-4-9-21(11-13-6-8-16(19)23-13)12-5-7-14(17(20)22)15(18)10-12/h5-8,10H,2-4,9,11H2,1H3,(H2,20,22). The summed E-state index contributed by atoms with van der Waals surface area (Å²) in [6, 6.07) is 9.35. The van der Waals surface area contributed by atoms with Crippen molar-refractivity contribution in [3.63, 3.8) is 0 Å². The van der Waals surface area contributed by atoms with E-state index < -0.39 is 5.91 Å². The van der Waals surface area contributed by atoms with E-state index in [2.05, 4.69) is 11.8 Å². The fraction of sp³-hybridized carbons (Fsp3) is 0.353. The van der Waals surface area contributed by atoms with Gasteiger partial charge in [0, 0.05) is 17.1 Å². The van der Waals surface area contributed by atoms with Crippen molar-refractivity contribution in [1.82, 2.24) is 0 Å². The van der Waals surface area contributed by atoms with Gasteiger partial charge in [0.15, 0.2) is 0 Å². The van der Waals surface area contributed by atoms with E-state index >= 15 is 0 Å². The minimum atomic E-state index is -0.510. The third-order valence-electron chi connectivity index (χ3n) is 3.59. The van der Waals surface area contributed by atoms with Crippen LogP contribution >= 0.6 is 34.5 Å². The van der Waals surface area contributed by atoms with Gasteiger partial charge in [-0.1, -0.05) is 43.0 Å². The van der Waals surface area contributed by atoms with Gasteiger partial charge < -0.3 is 10.6 Å². The lowest BCUT2D eigenvalue weighted by atomic mass is 10.1. The molecule has 23 heavy (non-hydrogen) atoms. The molecule has 0 bridgehead atoms. The fourth-order valence-electron chi connectivity index (χ4n) is 2.38. The highest BCUT2D eigenvalue weighted by atomic mass is 35.5. The van der Waals surface area contributed by atoms with Gasteiger partial charge in [-0.05, 0) is 36.8 Å². The van der Waals surface area contributed by atoms with Crippen LogP contribution < -0.4 is 10.6 Å². The third kappa shape index (κ3) is 5.13. The number of thiophene rings is 1. The second-order valence-corrected chi connectivity index (χ2v) is 7.57. The van der Waals surface area contributed by atoms with Crippen molar-refractivity contribution >= 4 is 46.1 Å². The molecule has 0 fully saturated rings. The predicted octanol–water partition coefficient (Wildman–Crippen LogP) is 5.35. The first-order valence-corrected chi connectivity index (χ1v) is 9.17. The van der Waals surface area contributed by atoms with Crippen LogP contribution in [0.4, 0.5) is 5.69 Å². The molecule has 0 aliphatic carbocycles. The highest BCUT2D eigenvalue weighted by molar-refractivity contribution is 7.16. The topological polar surface area (TPSA) is 46.3 Å². The average molecular weight is 371 g/mol. The molecule has 0 spiro atoms. The number of nitrogens with two attached hydrogens (primary N) is 1. The number of nitrogens with zero attached hydrogens (tertiary/aromatic N) is 1. The largest absolute Gasteiger partial charge is 0.366 e. The summed E-state index contributed by atoms with van der Waals surface area (Å²) in [5.74, 6) is -0.510. The van der Waals surface area contributed by atoms with Crippen LogP contribution in [-0.4, -0.2) is 12.5 Å². The molecule has 0 aliphatic heterocycles. The number of halogens is 2. The molecule has 0 saturated heterocycles. The second-order valence-electron chi connectivity index (χ2n) is 5.36. The van der Waals surface area contributed by atoms with Crippen molar-refractivity contribution in [3.8, 4) is 0 Å². The van der Waals surface area contributed by atoms with Crippen molar-refractivity contribution < 1.29 is 4.79 Å². The van der Waals surface area contributed by atoms with Crippen LogP contribution in [0.2, 0.25) is 9.36 Å². The number of amides is 1. The van der Waals surface area contributed by atoms with Crippen LogP contribution in [0.15, 0.2) is 30.3 Å². The summed E-state index contributed by atoms with van der Waals surface area (Å²) in [5, 5.41) is 0.389. The number of hydrogen-bond acceptors (Lipinski definition) is 3. The van der Waals surface area contributed by atoms with Gasteiger partial charge in [0.2, 0.25) is 5.91 Å². The normalized spacial score (nSPS) is 10.7. The van der Waals surface area contributed by atoms with Crippen LogP contribution in [0.5, 0.6) is 0 Å². The molecule has 0 saturated carbocycles. The van der Waals surface area contributed by atoms with Crippen LogP contribution in [0.25, 0.3) is 0 Å². The van der Waals surface area contributed by atoms with Crippen molar-refractivity contribution in [2.45, 2.75) is 32.7 Å². The van der Waals surface area contributed by atoms with Crippen LogP contribution in [-0.2, 0) is 6.54 Å². The summed E-state index contributed by atoms with van der Waals surface area (Å²) in [5.41, 5.74) is 6.65. The number of carbonyl (C=O) groups excluding carboxylic acids is 1. The molecule has 2 rings (SSSR count). The van der Waals surface area contributed by atoms with Gasteiger partial charge in [0.25, 0.3) is 0 Å². The molecule has 6 heteroatoms. The van der Waals surface area contributed by atoms with Gasteiger partial charge in [-0.3, -0.25) is 4.79 Å². The number of primary amides is 1. The first-order chi connectivity index (χ1) is 11.0. The maximum atomic E-state index is 11.3. The lowest BCUT2D eigenvalue weighted by molar-refractivity contribution is 0.100. The summed E-state index contributed by atoms with van der Waals surface area (Å²) in [6.07, 6.45) is 3.44. The zero-order valence-corrected chi connectivity index (χ0v) is 15.3. The van der Waals surface area contributed by atoms with Crippen LogP contribution in [0, 0.1) is 0 Å². The van der Waals surface area contributed by atoms with Crippen LogP contribution in [0.1, 0.15) is 41.4 Å². The minimum Gasteiger partial charge on any atom is -0.366 e. The zero-order chi connectivity index (χ0) is 16.8. The van der Waals surface area contributed by atoms with E-state index in [0.717, 1.165) is 29.5 Å². The smallest absolute Gasteiger partial charge is 0.250 e. The Morgan fingerprint density at radius 3 is 2.57 bits per heavy atom. The number of carbonyl (C=O) groups is 1. The summed E-state index contributed by atoms with van der Waals surface area (Å²) < 4.78 is 0.788. The predicted molar refractivity (Wildman–Crippen MR) is 99.9 cm³/mol. The fourth-order valence-corrected chi connectivity index (χ4v) is 3.75. The van der Waals surface area contributed by atoms with Gasteiger partial charge >= 0.3 is 0 Å². The Bertz CT molecular complexity index is 672. The summed E-state index contributed by atoms with van der Waals surface area (Å²) in [6.45, 7) is 3.88. The number of unbranched alkanes of at least 4 members (excludes halogenated alkanes) is 2. The first-order valence-electron chi connectivity index (χ1n) is 7.59. The first kappa shape index (κ1) is 18.1. The number of anilines is 1. The highest BCUT2D eigenvalue weighted by Crippen LogP contribution is 2.28. The molecule has 3 nitrogen and oxygen atoms in total. The van der Waals surface area contributed by atoms with Crippen molar-refractivity contribution in [2.75, 3.05) is 11.4 Å². The molecule has 0 aliphatic rings. The molecule has 1 heterocycles. The third-order valence-corrected chi connectivity index (χ3v) is 5.12. The molecular weight excluding hydrogens is 351 g/mol. The Labute approximate surface area is 151 Å². The summed E-state index contributed by atoms with van der Waals surface area (Å²) >= 11 is 13.8. The van der Waals surface area contributed by atoms with Gasteiger partial charge in [0.05, 0.1) is 21.5 Å². The van der Waals surface area contributed by atoms with E-state index in [4.69, 9.17) is 28.9 Å². The highest BCUT2D eigenvalue weighted by Gasteiger charge is 2.13. The Balaban J connectivity index is 2.21. The summed E-state index contributed by atoms with van der Waals surface area (Å²) in [4.78, 5) is 14.8. The van der Waals surface area contributed by atoms with E-state index in [-0.39, 0.29) is 0 Å². The average Bonchev–Trinajstić information content (AvgIpc) is 2.91. The SMILES string of the molecule is CCCCCN(Cc1ccc(Cl)s1)c1ccc(C(N)=O)c(Cl)c1. The van der Waals surface area contributed by atoms with E-state index in [9.17, 15) is 4.79 Å². The Kier molecular flexibility index (Phi) is 6.75. The van der Waals surface area contributed by atoms with Crippen molar-refractivity contribution in [3.05, 3.63) is 50.1 Å². The maximum Gasteiger partial charge on any atom is 0.250 e. The quantitative estimate of drug-likeness (QED) is 0.636. The molecule has 0 unspecified atom stereocenters. The molecular formula is C17H20Cl2N2OS. The van der Waals surface area contributed by atoms with Gasteiger partial charge in [-0.15, -0.1) is 11.3 Å². The van der Waals surface area contributed by atoms with Crippen molar-refractivity contribution in [1.29, 1.82) is 0 Å². The van der Waals surface area contributed by atoms with Crippen molar-refractivity contribution in [2.24, 2.45) is 5.73 Å². The molecule has 1 amide bonds. The van der Waals surface area contributed by atoms with E-state index in [0.29, 0.717) is 10.6 Å². The number of rotatable bonds is 8. The summed E-state index contributed by atoms with van der Waals surface area (Å²) in [7, 11) is 0. The van der Waals surface area contributed by atoms with Gasteiger partial charge in [-0.25, -0.2) is 0 Å².